The van der Waals surface area contributed by atoms with E-state index in [1.165, 1.54) is 5.56 Å². The van der Waals surface area contributed by atoms with Crippen LogP contribution < -0.4 is 15.0 Å². The second-order valence-electron chi connectivity index (χ2n) is 8.90. The average molecular weight is 430 g/mol. The largest absolute Gasteiger partial charge is 0.484 e. The normalized spacial score (nSPS) is 12.9. The summed E-state index contributed by atoms with van der Waals surface area (Å²) in [4.78, 5) is 31.0. The number of nitrogens with one attached hydrogen (secondary N) is 1. The quantitative estimate of drug-likeness (QED) is 0.643. The second-order valence-corrected chi connectivity index (χ2v) is 8.90. The van der Waals surface area contributed by atoms with Crippen molar-refractivity contribution in [3.63, 3.8) is 0 Å². The van der Waals surface area contributed by atoms with Crippen LogP contribution in [0.3, 0.4) is 0 Å². The Balaban J connectivity index is 1.39. The molecule has 32 heavy (non-hydrogen) atoms. The van der Waals surface area contributed by atoms with Crippen molar-refractivity contribution in [1.82, 2.24) is 4.98 Å². The van der Waals surface area contributed by atoms with Gasteiger partial charge in [-0.15, -0.1) is 0 Å². The van der Waals surface area contributed by atoms with Crippen LogP contribution in [0.4, 0.5) is 11.4 Å². The molecule has 3 aromatic rings. The highest BCUT2D eigenvalue weighted by atomic mass is 16.5. The molecule has 0 saturated carbocycles. The van der Waals surface area contributed by atoms with Gasteiger partial charge in [0.25, 0.3) is 11.8 Å². The number of carbonyl (C=O) groups is 2. The van der Waals surface area contributed by atoms with E-state index in [0.29, 0.717) is 23.5 Å². The lowest BCUT2D eigenvalue weighted by Crippen LogP contribution is -2.29. The Hall–Kier alpha value is -3.67. The van der Waals surface area contributed by atoms with E-state index in [-0.39, 0.29) is 23.8 Å². The molecule has 1 aliphatic heterocycles. The second kappa shape index (κ2) is 8.83. The third-order valence-corrected chi connectivity index (χ3v) is 5.53. The third-order valence-electron chi connectivity index (χ3n) is 5.53. The van der Waals surface area contributed by atoms with Gasteiger partial charge >= 0.3 is 0 Å². The number of hydrogen-bond acceptors (Lipinski definition) is 4. The minimum atomic E-state index is -0.255. The maximum Gasteiger partial charge on any atom is 0.262 e. The van der Waals surface area contributed by atoms with Gasteiger partial charge in [-0.25, -0.2) is 0 Å². The van der Waals surface area contributed by atoms with Crippen LogP contribution in [-0.4, -0.2) is 29.9 Å². The van der Waals surface area contributed by atoms with E-state index in [1.54, 1.807) is 29.4 Å². The van der Waals surface area contributed by atoms with E-state index in [2.05, 4.69) is 31.1 Å². The van der Waals surface area contributed by atoms with Crippen molar-refractivity contribution in [3.8, 4) is 5.75 Å². The number of rotatable bonds is 5. The number of carbonyl (C=O) groups excluding carboxylic acids is 2. The summed E-state index contributed by atoms with van der Waals surface area (Å²) in [7, 11) is 0. The first-order valence-corrected chi connectivity index (χ1v) is 10.7. The molecule has 6 nitrogen and oxygen atoms in total. The van der Waals surface area contributed by atoms with Gasteiger partial charge in [-0.05, 0) is 59.4 Å². The Morgan fingerprint density at radius 2 is 1.75 bits per heavy atom. The van der Waals surface area contributed by atoms with Crippen LogP contribution in [0.5, 0.6) is 5.75 Å². The third kappa shape index (κ3) is 4.80. The van der Waals surface area contributed by atoms with E-state index in [1.807, 2.05) is 42.5 Å². The van der Waals surface area contributed by atoms with Crippen LogP contribution in [0.25, 0.3) is 0 Å². The number of aromatic nitrogens is 1. The van der Waals surface area contributed by atoms with Crippen LogP contribution in [0.15, 0.2) is 67.0 Å². The molecule has 2 aromatic carbocycles. The lowest BCUT2D eigenvalue weighted by Gasteiger charge is -2.19. The van der Waals surface area contributed by atoms with Gasteiger partial charge in [0.1, 0.15) is 5.75 Å². The topological polar surface area (TPSA) is 71.5 Å². The molecule has 0 radical (unpaired) electrons. The number of anilines is 2. The molecule has 0 unspecified atom stereocenters. The van der Waals surface area contributed by atoms with Crippen LogP contribution in [-0.2, 0) is 16.6 Å². The van der Waals surface area contributed by atoms with E-state index in [4.69, 9.17) is 4.74 Å². The molecule has 1 aliphatic rings. The monoisotopic (exact) mass is 429 g/mol. The zero-order valence-electron chi connectivity index (χ0n) is 18.6. The van der Waals surface area contributed by atoms with Gasteiger partial charge in [0.15, 0.2) is 6.61 Å². The first kappa shape index (κ1) is 21.6. The Labute approximate surface area is 188 Å². The lowest BCUT2D eigenvalue weighted by molar-refractivity contribution is -0.118. The first-order chi connectivity index (χ1) is 15.3. The number of pyridine rings is 1. The van der Waals surface area contributed by atoms with Gasteiger partial charge in [0, 0.05) is 35.9 Å². The maximum absolute atomic E-state index is 12.9. The smallest absolute Gasteiger partial charge is 0.262 e. The van der Waals surface area contributed by atoms with E-state index in [0.717, 1.165) is 17.7 Å². The van der Waals surface area contributed by atoms with Crippen molar-refractivity contribution in [1.29, 1.82) is 0 Å². The fourth-order valence-corrected chi connectivity index (χ4v) is 3.72. The molecule has 0 saturated heterocycles. The molecule has 0 aliphatic carbocycles. The molecule has 0 atom stereocenters. The van der Waals surface area contributed by atoms with E-state index in [9.17, 15) is 9.59 Å². The fourth-order valence-electron chi connectivity index (χ4n) is 3.72. The fraction of sp³-hybridized carbons (Fsp3) is 0.269. The van der Waals surface area contributed by atoms with Gasteiger partial charge < -0.3 is 15.0 Å². The molecule has 1 N–H and O–H groups in total. The van der Waals surface area contributed by atoms with Crippen LogP contribution >= 0.6 is 0 Å². The SMILES string of the molecule is CC(C)(C)c1ccc(OCC(=O)Nc2ccc3c(c2)N(C(=O)c2ccncc2)CC3)cc1. The Morgan fingerprint density at radius 1 is 1.03 bits per heavy atom. The van der Waals surface area contributed by atoms with Crippen LogP contribution in [0, 0.1) is 0 Å². The van der Waals surface area contributed by atoms with E-state index >= 15 is 0 Å². The summed E-state index contributed by atoms with van der Waals surface area (Å²) in [6.45, 7) is 6.98. The van der Waals surface area contributed by atoms with Gasteiger partial charge in [-0.3, -0.25) is 14.6 Å². The highest BCUT2D eigenvalue weighted by Crippen LogP contribution is 2.32. The standard InChI is InChI=1S/C26H27N3O3/c1-26(2,3)20-5-8-22(9-6-20)32-17-24(30)28-21-7-4-18-12-15-29(23(18)16-21)25(31)19-10-13-27-14-11-19/h4-11,13-14,16H,12,15,17H2,1-3H3,(H,28,30). The summed E-state index contributed by atoms with van der Waals surface area (Å²) in [5, 5.41) is 2.86. The number of amides is 2. The van der Waals surface area contributed by atoms with Gasteiger partial charge in [0.05, 0.1) is 0 Å². The average Bonchev–Trinajstić information content (AvgIpc) is 3.21. The molecule has 0 fully saturated rings. The molecule has 4 rings (SSSR count). The number of benzene rings is 2. The summed E-state index contributed by atoms with van der Waals surface area (Å²) in [5.41, 5.74) is 4.40. The minimum absolute atomic E-state index is 0.0656. The predicted octanol–water partition coefficient (Wildman–Crippen LogP) is 4.60. The zero-order chi connectivity index (χ0) is 22.7. The Kier molecular flexibility index (Phi) is 5.95. The summed E-state index contributed by atoms with van der Waals surface area (Å²) in [5.74, 6) is 0.322. The number of hydrogen-bond donors (Lipinski definition) is 1. The van der Waals surface area contributed by atoms with Crippen molar-refractivity contribution in [2.75, 3.05) is 23.4 Å². The highest BCUT2D eigenvalue weighted by molar-refractivity contribution is 6.07. The summed E-state index contributed by atoms with van der Waals surface area (Å²) < 4.78 is 5.64. The Bertz CT molecular complexity index is 1120. The maximum atomic E-state index is 12.9. The molecule has 0 bridgehead atoms. The Morgan fingerprint density at radius 3 is 2.44 bits per heavy atom. The van der Waals surface area contributed by atoms with Gasteiger partial charge in [-0.1, -0.05) is 39.0 Å². The molecule has 1 aromatic heterocycles. The highest BCUT2D eigenvalue weighted by Gasteiger charge is 2.26. The minimum Gasteiger partial charge on any atom is -0.484 e. The lowest BCUT2D eigenvalue weighted by atomic mass is 9.87. The summed E-state index contributed by atoms with van der Waals surface area (Å²) in [6, 6.07) is 16.9. The molecule has 0 spiro atoms. The molecule has 2 amide bonds. The summed E-state index contributed by atoms with van der Waals surface area (Å²) in [6.07, 6.45) is 4.00. The number of fused-ring (bicyclic) bond motifs is 1. The van der Waals surface area contributed by atoms with Crippen molar-refractivity contribution in [3.05, 3.63) is 83.7 Å². The van der Waals surface area contributed by atoms with E-state index < -0.39 is 0 Å². The van der Waals surface area contributed by atoms with Crippen molar-refractivity contribution in [2.45, 2.75) is 32.6 Å². The van der Waals surface area contributed by atoms with Gasteiger partial charge in [-0.2, -0.15) is 0 Å². The van der Waals surface area contributed by atoms with Crippen LogP contribution in [0.1, 0.15) is 42.3 Å². The molecule has 2 heterocycles. The van der Waals surface area contributed by atoms with Gasteiger partial charge in [0.2, 0.25) is 0 Å². The van der Waals surface area contributed by atoms with Crippen molar-refractivity contribution < 1.29 is 14.3 Å². The number of ether oxygens (including phenoxy) is 1. The summed E-state index contributed by atoms with van der Waals surface area (Å²) >= 11 is 0. The van der Waals surface area contributed by atoms with Crippen LogP contribution in [0.2, 0.25) is 0 Å². The molecule has 6 heteroatoms. The molecular formula is C26H27N3O3. The molecule has 164 valence electrons. The molecular weight excluding hydrogens is 402 g/mol. The van der Waals surface area contributed by atoms with Crippen molar-refractivity contribution in [2.24, 2.45) is 0 Å². The number of nitrogens with zero attached hydrogens (tertiary/aromatic N) is 2. The first-order valence-electron chi connectivity index (χ1n) is 10.7. The zero-order valence-corrected chi connectivity index (χ0v) is 18.6. The predicted molar refractivity (Wildman–Crippen MR) is 125 cm³/mol. The van der Waals surface area contributed by atoms with Crippen molar-refractivity contribution >= 4 is 23.2 Å².